The standard InChI is InChI=1S/C55H67N7O7/c1-30(2)47(58-53(66)68-7)51(64)61-28-32(5)21-45(61)44-24-37(27-56-44)34-11-13-35(14-12-34)38-16-17-39(42-26-55(25-41(38)42)19-9-10-20-55)36-15-18-43-40(23-36)50(63)60-49(57-43)46-22-33(6)29-62(46)52(65)48(31(3)4)59-54(67)69-8/h11-18,23,27,30-33,45-48H,9-10,19-22,24-26,28-29H2,1-8H3,(H,58,66)(H,59,67)(H,57,60,63)/t32-,33-,45-,46-,47-,48-/m0/s1. The second-order valence-corrected chi connectivity index (χ2v) is 21.3. The van der Waals surface area contributed by atoms with Gasteiger partial charge >= 0.3 is 12.2 Å². The summed E-state index contributed by atoms with van der Waals surface area (Å²) >= 11 is 0. The van der Waals surface area contributed by atoms with Gasteiger partial charge in [-0.15, -0.1) is 0 Å². The van der Waals surface area contributed by atoms with E-state index in [1.807, 2.05) is 50.9 Å². The third kappa shape index (κ3) is 9.31. The first-order valence-corrected chi connectivity index (χ1v) is 24.9. The maximum atomic E-state index is 14.0. The van der Waals surface area contributed by atoms with Gasteiger partial charge in [0.1, 0.15) is 17.9 Å². The molecule has 364 valence electrons. The number of fused-ring (bicyclic) bond motifs is 2. The molecule has 3 fully saturated rings. The zero-order chi connectivity index (χ0) is 48.9. The molecule has 4 aromatic rings. The molecule has 2 saturated heterocycles. The lowest BCUT2D eigenvalue weighted by Crippen LogP contribution is -2.53. The molecule has 14 heteroatoms. The van der Waals surface area contributed by atoms with Crippen LogP contribution in [0.25, 0.3) is 38.7 Å². The molecule has 1 saturated carbocycles. The maximum absolute atomic E-state index is 14.0. The van der Waals surface area contributed by atoms with Gasteiger partial charge in [0.25, 0.3) is 5.56 Å². The fourth-order valence-electron chi connectivity index (χ4n) is 12.0. The molecule has 2 aliphatic carbocycles. The van der Waals surface area contributed by atoms with Crippen molar-refractivity contribution >= 4 is 46.2 Å². The number of H-pyrrole nitrogens is 1. The molecule has 4 amide bonds. The van der Waals surface area contributed by atoms with Crippen molar-refractivity contribution in [2.45, 2.75) is 123 Å². The molecular formula is C55H67N7O7. The van der Waals surface area contributed by atoms with Gasteiger partial charge in [0.15, 0.2) is 0 Å². The van der Waals surface area contributed by atoms with E-state index in [4.69, 9.17) is 19.5 Å². The van der Waals surface area contributed by atoms with Crippen molar-refractivity contribution in [2.24, 2.45) is 34.1 Å². The Hall–Kier alpha value is -6.31. The van der Waals surface area contributed by atoms with Crippen molar-refractivity contribution in [3.63, 3.8) is 0 Å². The molecule has 0 unspecified atom stereocenters. The lowest BCUT2D eigenvalue weighted by molar-refractivity contribution is -0.136. The normalized spacial score (nSPS) is 22.5. The predicted octanol–water partition coefficient (Wildman–Crippen LogP) is 9.01. The Balaban J connectivity index is 0.956. The Morgan fingerprint density at radius 3 is 1.81 bits per heavy atom. The fourth-order valence-corrected chi connectivity index (χ4v) is 12.0. The molecule has 9 rings (SSSR count). The van der Waals surface area contributed by atoms with Crippen LogP contribution in [0, 0.1) is 29.1 Å². The SMILES string of the molecule is COC(=O)N[C@H](C(=O)N1C[C@@H](C)C[C@H]1C1=NC=C(c2ccc(-c3ccc(-c4ccc5nc([C@@H]6C[C@H](C)CN6C(=O)[C@@H](NC(=O)OC)C(C)C)[nH]c(=O)c5c4)c4c3CC3(CCCC3)C4)cc2)C1)C(C)C. The molecule has 3 N–H and O–H groups in total. The summed E-state index contributed by atoms with van der Waals surface area (Å²) in [5.41, 5.74) is 11.0. The van der Waals surface area contributed by atoms with Gasteiger partial charge in [0, 0.05) is 31.4 Å². The first-order valence-electron chi connectivity index (χ1n) is 24.9. The van der Waals surface area contributed by atoms with E-state index in [0.717, 1.165) is 52.8 Å². The van der Waals surface area contributed by atoms with Crippen LogP contribution in [0.3, 0.4) is 0 Å². The number of nitrogens with one attached hydrogen (secondary N) is 3. The number of carbonyl (C=O) groups is 4. The highest BCUT2D eigenvalue weighted by molar-refractivity contribution is 6.04. The minimum atomic E-state index is -0.781. The van der Waals surface area contributed by atoms with Crippen LogP contribution in [0.1, 0.15) is 115 Å². The lowest BCUT2D eigenvalue weighted by Gasteiger charge is -2.31. The highest BCUT2D eigenvalue weighted by Gasteiger charge is 2.44. The summed E-state index contributed by atoms with van der Waals surface area (Å²) in [4.78, 5) is 82.8. The summed E-state index contributed by atoms with van der Waals surface area (Å²) in [6, 6.07) is 17.2. The molecule has 69 heavy (non-hydrogen) atoms. The Morgan fingerprint density at radius 1 is 0.725 bits per heavy atom. The topological polar surface area (TPSA) is 175 Å². The smallest absolute Gasteiger partial charge is 0.407 e. The van der Waals surface area contributed by atoms with Crippen LogP contribution in [0.4, 0.5) is 9.59 Å². The monoisotopic (exact) mass is 938 g/mol. The van der Waals surface area contributed by atoms with Crippen LogP contribution < -0.4 is 16.2 Å². The van der Waals surface area contributed by atoms with Gasteiger partial charge in [-0.3, -0.25) is 19.4 Å². The number of likely N-dealkylation sites (tertiary alicyclic amines) is 2. The number of aromatic nitrogens is 2. The summed E-state index contributed by atoms with van der Waals surface area (Å²) in [5.74, 6) is 0.318. The summed E-state index contributed by atoms with van der Waals surface area (Å²) in [5, 5.41) is 5.96. The second-order valence-electron chi connectivity index (χ2n) is 21.3. The van der Waals surface area contributed by atoms with E-state index < -0.39 is 30.3 Å². The quantitative estimate of drug-likeness (QED) is 0.134. The summed E-state index contributed by atoms with van der Waals surface area (Å²) < 4.78 is 9.65. The molecule has 1 spiro atoms. The number of amides is 4. The average Bonchev–Trinajstić information content (AvgIpc) is 4.20. The molecular weight excluding hydrogens is 871 g/mol. The zero-order valence-electron chi connectivity index (χ0n) is 41.3. The van der Waals surface area contributed by atoms with Crippen LogP contribution in [-0.4, -0.2) is 94.9 Å². The van der Waals surface area contributed by atoms with E-state index >= 15 is 0 Å². The first kappa shape index (κ1) is 47.7. The van der Waals surface area contributed by atoms with Gasteiger partial charge in [-0.2, -0.15) is 0 Å². The number of benzene rings is 3. The second kappa shape index (κ2) is 19.2. The fraction of sp³-hybridized carbons (Fsp3) is 0.509. The number of allylic oxidation sites excluding steroid dienone is 1. The van der Waals surface area contributed by atoms with Crippen LogP contribution in [0.15, 0.2) is 70.6 Å². The van der Waals surface area contributed by atoms with Crippen molar-refractivity contribution in [3.05, 3.63) is 93.7 Å². The third-order valence-electron chi connectivity index (χ3n) is 15.6. The van der Waals surface area contributed by atoms with Crippen molar-refractivity contribution in [3.8, 4) is 22.3 Å². The molecule has 0 radical (unpaired) electrons. The largest absolute Gasteiger partial charge is 0.453 e. The van der Waals surface area contributed by atoms with E-state index in [1.54, 1.807) is 4.90 Å². The highest BCUT2D eigenvalue weighted by Crippen LogP contribution is 2.53. The number of hydrogen-bond acceptors (Lipinski definition) is 9. The van der Waals surface area contributed by atoms with Crippen molar-refractivity contribution < 1.29 is 28.7 Å². The van der Waals surface area contributed by atoms with Gasteiger partial charge in [0.05, 0.1) is 37.2 Å². The molecule has 5 aliphatic rings. The number of aliphatic imine (C=N–C) groups is 1. The van der Waals surface area contributed by atoms with E-state index in [9.17, 15) is 24.0 Å². The highest BCUT2D eigenvalue weighted by atomic mass is 16.5. The van der Waals surface area contributed by atoms with Gasteiger partial charge in [-0.1, -0.05) is 96.8 Å². The van der Waals surface area contributed by atoms with Crippen LogP contribution >= 0.6 is 0 Å². The molecule has 1 aromatic heterocycles. The molecule has 3 aromatic carbocycles. The Kier molecular flexibility index (Phi) is 13.3. The first-order chi connectivity index (χ1) is 33.1. The Labute approximate surface area is 404 Å². The van der Waals surface area contributed by atoms with Crippen molar-refractivity contribution in [1.29, 1.82) is 0 Å². The van der Waals surface area contributed by atoms with Crippen molar-refractivity contribution in [2.75, 3.05) is 27.3 Å². The zero-order valence-corrected chi connectivity index (χ0v) is 41.3. The number of rotatable bonds is 11. The predicted molar refractivity (Wildman–Crippen MR) is 267 cm³/mol. The van der Waals surface area contributed by atoms with E-state index in [0.29, 0.717) is 48.6 Å². The number of ether oxygens (including phenoxy) is 2. The van der Waals surface area contributed by atoms with Gasteiger partial charge in [0.2, 0.25) is 11.8 Å². The minimum absolute atomic E-state index is 0.103. The number of carbonyl (C=O) groups excluding carboxylic acids is 4. The molecule has 4 heterocycles. The number of hydrogen-bond donors (Lipinski definition) is 3. The van der Waals surface area contributed by atoms with E-state index in [2.05, 4.69) is 71.9 Å². The molecule has 6 atom stereocenters. The average molecular weight is 938 g/mol. The van der Waals surface area contributed by atoms with Gasteiger partial charge in [-0.05, 0) is 124 Å². The minimum Gasteiger partial charge on any atom is -0.453 e. The number of aromatic amines is 1. The van der Waals surface area contributed by atoms with E-state index in [1.165, 1.54) is 56.6 Å². The van der Waals surface area contributed by atoms with Gasteiger partial charge in [-0.25, -0.2) is 14.6 Å². The van der Waals surface area contributed by atoms with Gasteiger partial charge < -0.3 is 34.9 Å². The summed E-state index contributed by atoms with van der Waals surface area (Å²) in [7, 11) is 2.59. The van der Waals surface area contributed by atoms with Crippen LogP contribution in [0.5, 0.6) is 0 Å². The van der Waals surface area contributed by atoms with Crippen molar-refractivity contribution in [1.82, 2.24) is 30.4 Å². The molecule has 14 nitrogen and oxygen atoms in total. The number of alkyl carbamates (subject to hydrolysis) is 2. The maximum Gasteiger partial charge on any atom is 0.407 e. The van der Waals surface area contributed by atoms with E-state index in [-0.39, 0.29) is 46.6 Å². The third-order valence-corrected chi connectivity index (χ3v) is 15.6. The summed E-state index contributed by atoms with van der Waals surface area (Å²) in [6.07, 6.45) is 9.71. The Bertz CT molecular complexity index is 2790. The Morgan fingerprint density at radius 2 is 1.25 bits per heavy atom. The number of nitrogens with zero attached hydrogens (tertiary/aromatic N) is 4. The lowest BCUT2D eigenvalue weighted by atomic mass is 9.82. The van der Waals surface area contributed by atoms with Crippen LogP contribution in [-0.2, 0) is 31.9 Å². The molecule has 3 aliphatic heterocycles. The number of methoxy groups -OCH3 is 2. The summed E-state index contributed by atoms with van der Waals surface area (Å²) in [6.45, 7) is 13.0. The molecule has 0 bridgehead atoms. The van der Waals surface area contributed by atoms with Crippen LogP contribution in [0.2, 0.25) is 0 Å².